The van der Waals surface area contributed by atoms with Gasteiger partial charge in [-0.1, -0.05) is 0 Å². The van der Waals surface area contributed by atoms with Gasteiger partial charge in [-0.2, -0.15) is 0 Å². The SMILES string of the molecule is COc1cnc(I)c(OC(F)(F)F)c1CC(=O)O. The van der Waals surface area contributed by atoms with Gasteiger partial charge in [-0.25, -0.2) is 4.98 Å². The van der Waals surface area contributed by atoms with Crippen molar-refractivity contribution in [3.05, 3.63) is 15.5 Å². The van der Waals surface area contributed by atoms with Crippen molar-refractivity contribution in [3.8, 4) is 11.5 Å². The highest BCUT2D eigenvalue weighted by atomic mass is 127. The van der Waals surface area contributed by atoms with E-state index in [2.05, 4.69) is 9.72 Å². The third kappa shape index (κ3) is 3.89. The fourth-order valence-corrected chi connectivity index (χ4v) is 1.78. The highest BCUT2D eigenvalue weighted by molar-refractivity contribution is 14.1. The van der Waals surface area contributed by atoms with E-state index in [4.69, 9.17) is 9.84 Å². The molecular formula is C9H7F3INO4. The third-order valence-corrected chi connectivity index (χ3v) is 2.59. The van der Waals surface area contributed by atoms with Gasteiger partial charge in [0.2, 0.25) is 0 Å². The van der Waals surface area contributed by atoms with Crippen LogP contribution in [0, 0.1) is 3.70 Å². The number of carboxylic acid groups (broad SMARTS) is 1. The van der Waals surface area contributed by atoms with E-state index in [0.717, 1.165) is 6.20 Å². The van der Waals surface area contributed by atoms with Crippen molar-refractivity contribution in [1.82, 2.24) is 4.98 Å². The molecule has 1 aromatic heterocycles. The number of pyridine rings is 1. The summed E-state index contributed by atoms with van der Waals surface area (Å²) in [5.74, 6) is -2.02. The smallest absolute Gasteiger partial charge is 0.495 e. The lowest BCUT2D eigenvalue weighted by Gasteiger charge is -2.15. The molecule has 0 spiro atoms. The molecule has 1 heterocycles. The summed E-state index contributed by atoms with van der Waals surface area (Å²) in [6.07, 6.45) is -4.45. The van der Waals surface area contributed by atoms with E-state index < -0.39 is 24.5 Å². The summed E-state index contributed by atoms with van der Waals surface area (Å²) >= 11 is 1.52. The van der Waals surface area contributed by atoms with Crippen LogP contribution in [0.2, 0.25) is 0 Å². The van der Waals surface area contributed by atoms with Crippen molar-refractivity contribution in [1.29, 1.82) is 0 Å². The summed E-state index contributed by atoms with van der Waals surface area (Å²) in [7, 11) is 1.20. The predicted molar refractivity (Wildman–Crippen MR) is 61.5 cm³/mol. The Morgan fingerprint density at radius 2 is 2.17 bits per heavy atom. The van der Waals surface area contributed by atoms with Crippen LogP contribution in [0.15, 0.2) is 6.20 Å². The van der Waals surface area contributed by atoms with E-state index in [1.165, 1.54) is 29.7 Å². The van der Waals surface area contributed by atoms with Crippen molar-refractivity contribution < 1.29 is 32.5 Å². The van der Waals surface area contributed by atoms with Crippen molar-refractivity contribution in [2.45, 2.75) is 12.8 Å². The number of aliphatic carboxylic acids is 1. The molecule has 5 nitrogen and oxygen atoms in total. The van der Waals surface area contributed by atoms with Gasteiger partial charge >= 0.3 is 12.3 Å². The van der Waals surface area contributed by atoms with Crippen molar-refractivity contribution in [2.75, 3.05) is 7.11 Å². The lowest BCUT2D eigenvalue weighted by Crippen LogP contribution is -2.20. The molecule has 0 atom stereocenters. The van der Waals surface area contributed by atoms with Crippen LogP contribution in [-0.4, -0.2) is 29.5 Å². The summed E-state index contributed by atoms with van der Waals surface area (Å²) in [5.41, 5.74) is -0.207. The molecule has 100 valence electrons. The van der Waals surface area contributed by atoms with Crippen molar-refractivity contribution in [3.63, 3.8) is 0 Å². The van der Waals surface area contributed by atoms with Gasteiger partial charge < -0.3 is 14.6 Å². The zero-order valence-electron chi connectivity index (χ0n) is 8.92. The van der Waals surface area contributed by atoms with Crippen LogP contribution in [0.5, 0.6) is 11.5 Å². The maximum Gasteiger partial charge on any atom is 0.573 e. The van der Waals surface area contributed by atoms with Crippen LogP contribution in [0.4, 0.5) is 13.2 Å². The van der Waals surface area contributed by atoms with Gasteiger partial charge in [0, 0.05) is 0 Å². The summed E-state index contributed by atoms with van der Waals surface area (Å²) in [4.78, 5) is 14.3. The number of hydrogen-bond acceptors (Lipinski definition) is 4. The number of nitrogens with zero attached hydrogens (tertiary/aromatic N) is 1. The van der Waals surface area contributed by atoms with Crippen molar-refractivity contribution in [2.24, 2.45) is 0 Å². The molecule has 0 unspecified atom stereocenters. The largest absolute Gasteiger partial charge is 0.573 e. The summed E-state index contributed by atoms with van der Waals surface area (Å²) in [6.45, 7) is 0. The Morgan fingerprint density at radius 3 is 2.61 bits per heavy atom. The number of halogens is 4. The average molecular weight is 377 g/mol. The van der Waals surface area contributed by atoms with E-state index in [-0.39, 0.29) is 15.0 Å². The number of ether oxygens (including phenoxy) is 2. The average Bonchev–Trinajstić information content (AvgIpc) is 2.21. The molecule has 0 aliphatic carbocycles. The van der Waals surface area contributed by atoms with E-state index in [1.54, 1.807) is 0 Å². The van der Waals surface area contributed by atoms with Gasteiger partial charge in [0.05, 0.1) is 25.3 Å². The Hall–Kier alpha value is -1.26. The molecule has 0 radical (unpaired) electrons. The Balaban J connectivity index is 3.31. The topological polar surface area (TPSA) is 68.7 Å². The lowest BCUT2D eigenvalue weighted by atomic mass is 10.1. The van der Waals surface area contributed by atoms with Crippen molar-refractivity contribution >= 4 is 28.6 Å². The normalized spacial score (nSPS) is 11.2. The Bertz CT molecular complexity index is 464. The van der Waals surface area contributed by atoms with Gasteiger partial charge in [-0.15, -0.1) is 13.2 Å². The molecule has 0 bridgehead atoms. The monoisotopic (exact) mass is 377 g/mol. The van der Waals surface area contributed by atoms with Gasteiger partial charge in [-0.05, 0) is 22.6 Å². The van der Waals surface area contributed by atoms with Gasteiger partial charge in [0.1, 0.15) is 9.45 Å². The number of carbonyl (C=O) groups is 1. The first-order valence-corrected chi connectivity index (χ1v) is 5.51. The summed E-state index contributed by atoms with van der Waals surface area (Å²) < 4.78 is 45.2. The molecule has 1 aromatic rings. The number of aromatic nitrogens is 1. The first-order valence-electron chi connectivity index (χ1n) is 4.43. The second-order valence-corrected chi connectivity index (χ2v) is 4.07. The number of alkyl halides is 3. The first kappa shape index (κ1) is 14.8. The van der Waals surface area contributed by atoms with Gasteiger partial charge in [0.15, 0.2) is 5.75 Å². The minimum absolute atomic E-state index is 0.0722. The minimum Gasteiger partial charge on any atom is -0.495 e. The maximum atomic E-state index is 12.2. The fraction of sp³-hybridized carbons (Fsp3) is 0.333. The number of methoxy groups -OCH3 is 1. The molecule has 1 N–H and O–H groups in total. The molecule has 18 heavy (non-hydrogen) atoms. The Kier molecular flexibility index (Phi) is 4.59. The number of carboxylic acids is 1. The van der Waals surface area contributed by atoms with Crippen LogP contribution in [0.1, 0.15) is 5.56 Å². The van der Waals surface area contributed by atoms with E-state index >= 15 is 0 Å². The molecule has 1 rings (SSSR count). The molecule has 0 aromatic carbocycles. The number of hydrogen-bond donors (Lipinski definition) is 1. The molecule has 0 aliphatic rings. The zero-order valence-corrected chi connectivity index (χ0v) is 11.1. The van der Waals surface area contributed by atoms with E-state index in [1.807, 2.05) is 0 Å². The maximum absolute atomic E-state index is 12.2. The fourth-order valence-electron chi connectivity index (χ4n) is 1.20. The van der Waals surface area contributed by atoms with E-state index in [9.17, 15) is 18.0 Å². The summed E-state index contributed by atoms with van der Waals surface area (Å²) in [5, 5.41) is 8.69. The summed E-state index contributed by atoms with van der Waals surface area (Å²) in [6, 6.07) is 0. The highest BCUT2D eigenvalue weighted by Gasteiger charge is 2.34. The Labute approximate surface area is 113 Å². The molecule has 0 aliphatic heterocycles. The lowest BCUT2D eigenvalue weighted by molar-refractivity contribution is -0.275. The van der Waals surface area contributed by atoms with E-state index in [0.29, 0.717) is 0 Å². The van der Waals surface area contributed by atoms with Crippen LogP contribution in [-0.2, 0) is 11.2 Å². The second kappa shape index (κ2) is 5.59. The van der Waals surface area contributed by atoms with Gasteiger partial charge in [0.25, 0.3) is 0 Å². The molecule has 0 saturated heterocycles. The zero-order chi connectivity index (χ0) is 13.9. The Morgan fingerprint density at radius 1 is 1.56 bits per heavy atom. The van der Waals surface area contributed by atoms with Crippen LogP contribution >= 0.6 is 22.6 Å². The molecule has 0 amide bonds. The van der Waals surface area contributed by atoms with Crippen LogP contribution in [0.25, 0.3) is 0 Å². The quantitative estimate of drug-likeness (QED) is 0.644. The molecular weight excluding hydrogens is 370 g/mol. The van der Waals surface area contributed by atoms with Gasteiger partial charge in [-0.3, -0.25) is 4.79 Å². The molecule has 0 fully saturated rings. The highest BCUT2D eigenvalue weighted by Crippen LogP contribution is 2.35. The van der Waals surface area contributed by atoms with Crippen LogP contribution < -0.4 is 9.47 Å². The standard InChI is InChI=1S/C9H7F3INO4/c1-17-5-3-14-8(13)7(18-9(10,11)12)4(5)2-6(15)16/h3H,2H2,1H3,(H,15,16). The minimum atomic E-state index is -4.93. The predicted octanol–water partition coefficient (Wildman–Crippen LogP) is 2.22. The molecule has 9 heteroatoms. The van der Waals surface area contributed by atoms with Crippen LogP contribution in [0.3, 0.4) is 0 Å². The molecule has 0 saturated carbocycles. The number of rotatable bonds is 4. The third-order valence-electron chi connectivity index (χ3n) is 1.82. The second-order valence-electron chi connectivity index (χ2n) is 3.04. The first-order chi connectivity index (χ1) is 8.24.